The summed E-state index contributed by atoms with van der Waals surface area (Å²) in [5.74, 6) is -0.195. The van der Waals surface area contributed by atoms with Crippen LogP contribution in [0.25, 0.3) is 0 Å². The largest absolute Gasteiger partial charge is 0.336 e. The predicted molar refractivity (Wildman–Crippen MR) is 98.0 cm³/mol. The normalized spacial score (nSPS) is 12.2. The summed E-state index contributed by atoms with van der Waals surface area (Å²) in [5.41, 5.74) is 1.15. The summed E-state index contributed by atoms with van der Waals surface area (Å²) in [5, 5.41) is 1.13. The smallest absolute Gasteiger partial charge is 0.123 e. The number of rotatable bonds is 7. The Kier molecular flexibility index (Phi) is 5.94. The maximum absolute atomic E-state index is 13.0. The van der Waals surface area contributed by atoms with E-state index in [1.54, 1.807) is 18.0 Å². The summed E-state index contributed by atoms with van der Waals surface area (Å²) >= 11 is 8.08. The van der Waals surface area contributed by atoms with Gasteiger partial charge >= 0.3 is 0 Å². The highest BCUT2D eigenvalue weighted by molar-refractivity contribution is 8.00. The van der Waals surface area contributed by atoms with Crippen molar-refractivity contribution in [3.63, 3.8) is 0 Å². The van der Waals surface area contributed by atoms with E-state index in [2.05, 4.69) is 9.55 Å². The molecule has 24 heavy (non-hydrogen) atoms. The molecule has 0 amide bonds. The molecular formula is C19H18ClFN2S. The van der Waals surface area contributed by atoms with Crippen molar-refractivity contribution >= 4 is 23.4 Å². The van der Waals surface area contributed by atoms with Crippen LogP contribution in [0, 0.1) is 5.82 Å². The summed E-state index contributed by atoms with van der Waals surface area (Å²) in [4.78, 5) is 5.20. The van der Waals surface area contributed by atoms with E-state index >= 15 is 0 Å². The molecule has 0 fully saturated rings. The molecule has 0 spiro atoms. The van der Waals surface area contributed by atoms with E-state index in [0.29, 0.717) is 5.25 Å². The van der Waals surface area contributed by atoms with Crippen LogP contribution < -0.4 is 0 Å². The molecular weight excluding hydrogens is 343 g/mol. The standard InChI is InChI=1S/C19H18ClFN2S/c20-18-3-1-2-4-19(18)24-17(13-23-12-11-22-14-23)10-7-15-5-8-16(21)9-6-15/h1-6,8-9,11-12,14,17H,7,10,13H2. The first-order valence-corrected chi connectivity index (χ1v) is 9.08. The molecule has 5 heteroatoms. The fourth-order valence-electron chi connectivity index (χ4n) is 2.52. The Bertz CT molecular complexity index is 759. The first-order valence-electron chi connectivity index (χ1n) is 7.82. The number of halogens is 2. The van der Waals surface area contributed by atoms with Gasteiger partial charge in [0.05, 0.1) is 11.3 Å². The number of hydrogen-bond donors (Lipinski definition) is 0. The van der Waals surface area contributed by atoms with Gasteiger partial charge in [0.25, 0.3) is 0 Å². The van der Waals surface area contributed by atoms with Gasteiger partial charge in [-0.3, -0.25) is 0 Å². The highest BCUT2D eigenvalue weighted by atomic mass is 35.5. The molecule has 0 aliphatic heterocycles. The van der Waals surface area contributed by atoms with Gasteiger partial charge in [0.1, 0.15) is 5.82 Å². The molecule has 1 heterocycles. The first-order chi connectivity index (χ1) is 11.7. The summed E-state index contributed by atoms with van der Waals surface area (Å²) in [6.07, 6.45) is 7.46. The molecule has 0 saturated heterocycles. The minimum atomic E-state index is -0.195. The van der Waals surface area contributed by atoms with Crippen LogP contribution in [0.5, 0.6) is 0 Å². The predicted octanol–water partition coefficient (Wildman–Crippen LogP) is 5.47. The van der Waals surface area contributed by atoms with Crippen LogP contribution in [-0.4, -0.2) is 14.8 Å². The van der Waals surface area contributed by atoms with E-state index in [1.807, 2.05) is 48.9 Å². The van der Waals surface area contributed by atoms with Crippen molar-refractivity contribution in [2.45, 2.75) is 29.5 Å². The second-order valence-electron chi connectivity index (χ2n) is 5.59. The van der Waals surface area contributed by atoms with E-state index in [1.165, 1.54) is 12.1 Å². The Morgan fingerprint density at radius 2 is 1.92 bits per heavy atom. The number of benzene rings is 2. The van der Waals surface area contributed by atoms with Crippen LogP contribution in [0.2, 0.25) is 5.02 Å². The Morgan fingerprint density at radius 3 is 2.62 bits per heavy atom. The molecule has 2 aromatic carbocycles. The number of thioether (sulfide) groups is 1. The van der Waals surface area contributed by atoms with Gasteiger partial charge in [-0.2, -0.15) is 0 Å². The van der Waals surface area contributed by atoms with Crippen molar-refractivity contribution < 1.29 is 4.39 Å². The molecule has 0 radical (unpaired) electrons. The molecule has 1 unspecified atom stereocenters. The van der Waals surface area contributed by atoms with E-state index in [-0.39, 0.29) is 5.82 Å². The highest BCUT2D eigenvalue weighted by Crippen LogP contribution is 2.32. The van der Waals surface area contributed by atoms with Crippen LogP contribution in [0.15, 0.2) is 72.1 Å². The van der Waals surface area contributed by atoms with Crippen LogP contribution >= 0.6 is 23.4 Å². The molecule has 1 atom stereocenters. The zero-order valence-electron chi connectivity index (χ0n) is 13.1. The third kappa shape index (κ3) is 4.86. The molecule has 2 nitrogen and oxygen atoms in total. The Morgan fingerprint density at radius 1 is 1.12 bits per heavy atom. The summed E-state index contributed by atoms with van der Waals surface area (Å²) < 4.78 is 15.1. The zero-order valence-corrected chi connectivity index (χ0v) is 14.7. The zero-order chi connectivity index (χ0) is 16.8. The topological polar surface area (TPSA) is 17.8 Å². The molecule has 0 aliphatic carbocycles. The maximum Gasteiger partial charge on any atom is 0.123 e. The second kappa shape index (κ2) is 8.36. The minimum Gasteiger partial charge on any atom is -0.336 e. The molecule has 0 saturated carbocycles. The average Bonchev–Trinajstić information content (AvgIpc) is 3.09. The lowest BCUT2D eigenvalue weighted by molar-refractivity contribution is 0.618. The highest BCUT2D eigenvalue weighted by Gasteiger charge is 2.13. The Hall–Kier alpha value is -1.78. The fourth-order valence-corrected chi connectivity index (χ4v) is 3.96. The first kappa shape index (κ1) is 17.1. The number of hydrogen-bond acceptors (Lipinski definition) is 2. The van der Waals surface area contributed by atoms with E-state index < -0.39 is 0 Å². The quantitative estimate of drug-likeness (QED) is 0.520. The van der Waals surface area contributed by atoms with E-state index in [0.717, 1.165) is 34.9 Å². The monoisotopic (exact) mass is 360 g/mol. The van der Waals surface area contributed by atoms with Gasteiger partial charge in [0, 0.05) is 29.1 Å². The lowest BCUT2D eigenvalue weighted by atomic mass is 10.1. The third-order valence-electron chi connectivity index (χ3n) is 3.77. The van der Waals surface area contributed by atoms with Crippen molar-refractivity contribution in [1.29, 1.82) is 0 Å². The second-order valence-corrected chi connectivity index (χ2v) is 7.34. The third-order valence-corrected chi connectivity index (χ3v) is 5.54. The molecule has 0 bridgehead atoms. The molecule has 3 rings (SSSR count). The minimum absolute atomic E-state index is 0.195. The van der Waals surface area contributed by atoms with Crippen molar-refractivity contribution in [3.8, 4) is 0 Å². The van der Waals surface area contributed by atoms with Gasteiger partial charge in [-0.1, -0.05) is 35.9 Å². The summed E-state index contributed by atoms with van der Waals surface area (Å²) in [6, 6.07) is 14.6. The Balaban J connectivity index is 1.69. The Labute approximate surface area is 150 Å². The van der Waals surface area contributed by atoms with Crippen LogP contribution in [-0.2, 0) is 13.0 Å². The fraction of sp³-hybridized carbons (Fsp3) is 0.211. The summed E-state index contributed by atoms with van der Waals surface area (Å²) in [6.45, 7) is 0.858. The van der Waals surface area contributed by atoms with Crippen molar-refractivity contribution in [2.75, 3.05) is 0 Å². The van der Waals surface area contributed by atoms with Crippen molar-refractivity contribution in [1.82, 2.24) is 9.55 Å². The summed E-state index contributed by atoms with van der Waals surface area (Å²) in [7, 11) is 0. The van der Waals surface area contributed by atoms with E-state index in [9.17, 15) is 4.39 Å². The van der Waals surface area contributed by atoms with Crippen LogP contribution in [0.4, 0.5) is 4.39 Å². The van der Waals surface area contributed by atoms with Gasteiger partial charge in [0.15, 0.2) is 0 Å². The maximum atomic E-state index is 13.0. The molecule has 1 aromatic heterocycles. The molecule has 0 aliphatic rings. The lowest BCUT2D eigenvalue weighted by Gasteiger charge is -2.18. The average molecular weight is 361 g/mol. The van der Waals surface area contributed by atoms with Gasteiger partial charge in [-0.25, -0.2) is 9.37 Å². The molecule has 0 N–H and O–H groups in total. The van der Waals surface area contributed by atoms with Crippen LogP contribution in [0.1, 0.15) is 12.0 Å². The van der Waals surface area contributed by atoms with Gasteiger partial charge in [-0.05, 0) is 42.7 Å². The van der Waals surface area contributed by atoms with Crippen molar-refractivity contribution in [2.24, 2.45) is 0 Å². The van der Waals surface area contributed by atoms with E-state index in [4.69, 9.17) is 11.6 Å². The number of aromatic nitrogens is 2. The van der Waals surface area contributed by atoms with Gasteiger partial charge < -0.3 is 4.57 Å². The lowest BCUT2D eigenvalue weighted by Crippen LogP contribution is -2.13. The number of aryl methyl sites for hydroxylation is 1. The van der Waals surface area contributed by atoms with Crippen molar-refractivity contribution in [3.05, 3.63) is 83.7 Å². The molecule has 3 aromatic rings. The number of nitrogens with zero attached hydrogens (tertiary/aromatic N) is 2. The molecule has 124 valence electrons. The SMILES string of the molecule is Fc1ccc(CCC(Cn2ccnc2)Sc2ccccc2Cl)cc1. The van der Waals surface area contributed by atoms with Gasteiger partial charge in [0.2, 0.25) is 0 Å². The van der Waals surface area contributed by atoms with Crippen LogP contribution in [0.3, 0.4) is 0 Å². The number of imidazole rings is 1. The van der Waals surface area contributed by atoms with Gasteiger partial charge in [-0.15, -0.1) is 11.8 Å².